The van der Waals surface area contributed by atoms with Gasteiger partial charge < -0.3 is 0 Å². The van der Waals surface area contributed by atoms with Crippen LogP contribution in [0.2, 0.25) is 0 Å². The zero-order chi connectivity index (χ0) is 23.8. The molecule has 0 aliphatic carbocycles. The molecular weight excluding hydrogens is 464 g/mol. The van der Waals surface area contributed by atoms with Gasteiger partial charge in [0.25, 0.3) is 5.56 Å². The van der Waals surface area contributed by atoms with Gasteiger partial charge in [0.1, 0.15) is 4.83 Å². The summed E-state index contributed by atoms with van der Waals surface area (Å²) in [5, 5.41) is 3.10. The van der Waals surface area contributed by atoms with Crippen molar-refractivity contribution < 1.29 is 4.79 Å². The molecule has 0 spiro atoms. The average Bonchev–Trinajstić information content (AvgIpc) is 3.40. The SMILES string of the molecule is CC(=O)N(c1cccc(C)c1)c1nc(Cn2cnc3sc(C)c(-c4ccccc4)c3c2=O)cs1. The first-order valence-electron chi connectivity index (χ1n) is 10.8. The van der Waals surface area contributed by atoms with Gasteiger partial charge in [-0.05, 0) is 37.1 Å². The van der Waals surface area contributed by atoms with Gasteiger partial charge in [-0.15, -0.1) is 22.7 Å². The second kappa shape index (κ2) is 8.96. The molecule has 0 saturated heterocycles. The number of benzene rings is 2. The monoisotopic (exact) mass is 486 g/mol. The molecule has 0 bridgehead atoms. The number of aryl methyl sites for hydroxylation is 2. The number of amides is 1. The Labute approximate surface area is 204 Å². The lowest BCUT2D eigenvalue weighted by molar-refractivity contribution is -0.115. The van der Waals surface area contributed by atoms with Crippen LogP contribution in [-0.4, -0.2) is 20.4 Å². The number of thiophene rings is 1. The van der Waals surface area contributed by atoms with Crippen molar-refractivity contribution in [3.63, 3.8) is 0 Å². The molecule has 0 aliphatic rings. The Morgan fingerprint density at radius 2 is 1.88 bits per heavy atom. The molecule has 2 aromatic carbocycles. The summed E-state index contributed by atoms with van der Waals surface area (Å²) >= 11 is 2.91. The van der Waals surface area contributed by atoms with E-state index in [9.17, 15) is 9.59 Å². The van der Waals surface area contributed by atoms with E-state index in [1.807, 2.05) is 73.8 Å². The van der Waals surface area contributed by atoms with E-state index in [0.717, 1.165) is 32.1 Å². The molecule has 0 atom stereocenters. The van der Waals surface area contributed by atoms with E-state index in [1.54, 1.807) is 15.8 Å². The number of fused-ring (bicyclic) bond motifs is 1. The maximum atomic E-state index is 13.5. The fraction of sp³-hybridized carbons (Fsp3) is 0.154. The van der Waals surface area contributed by atoms with Crippen LogP contribution in [-0.2, 0) is 11.3 Å². The van der Waals surface area contributed by atoms with Crippen LogP contribution in [0.25, 0.3) is 21.3 Å². The molecule has 0 unspecified atom stereocenters. The molecule has 0 N–H and O–H groups in total. The predicted molar refractivity (Wildman–Crippen MR) is 139 cm³/mol. The van der Waals surface area contributed by atoms with Gasteiger partial charge in [0.05, 0.1) is 29.6 Å². The van der Waals surface area contributed by atoms with Crippen LogP contribution in [0.3, 0.4) is 0 Å². The summed E-state index contributed by atoms with van der Waals surface area (Å²) in [6.45, 7) is 5.81. The summed E-state index contributed by atoms with van der Waals surface area (Å²) in [6.07, 6.45) is 1.58. The molecule has 3 heterocycles. The van der Waals surface area contributed by atoms with Crippen molar-refractivity contribution in [1.29, 1.82) is 0 Å². The third-order valence-electron chi connectivity index (χ3n) is 5.56. The number of nitrogens with zero attached hydrogens (tertiary/aromatic N) is 4. The van der Waals surface area contributed by atoms with E-state index in [4.69, 9.17) is 0 Å². The Morgan fingerprint density at radius 3 is 2.62 bits per heavy atom. The van der Waals surface area contributed by atoms with Crippen molar-refractivity contribution in [1.82, 2.24) is 14.5 Å². The Bertz CT molecular complexity index is 1570. The minimum absolute atomic E-state index is 0.0927. The molecule has 34 heavy (non-hydrogen) atoms. The maximum absolute atomic E-state index is 13.5. The fourth-order valence-electron chi connectivity index (χ4n) is 4.04. The largest absolute Gasteiger partial charge is 0.293 e. The van der Waals surface area contributed by atoms with E-state index in [2.05, 4.69) is 9.97 Å². The van der Waals surface area contributed by atoms with E-state index < -0.39 is 0 Å². The first kappa shape index (κ1) is 22.2. The Hall–Kier alpha value is -3.62. The number of thiazole rings is 1. The van der Waals surface area contributed by atoms with Crippen LogP contribution in [0.4, 0.5) is 10.8 Å². The second-order valence-electron chi connectivity index (χ2n) is 8.07. The van der Waals surface area contributed by atoms with Crippen molar-refractivity contribution in [3.05, 3.63) is 92.8 Å². The Balaban J connectivity index is 1.52. The molecule has 0 fully saturated rings. The van der Waals surface area contributed by atoms with Crippen molar-refractivity contribution >= 4 is 49.6 Å². The third-order valence-corrected chi connectivity index (χ3v) is 7.44. The fourth-order valence-corrected chi connectivity index (χ4v) is 5.92. The molecular formula is C26H22N4O2S2. The quantitative estimate of drug-likeness (QED) is 0.309. The normalized spacial score (nSPS) is 11.1. The lowest BCUT2D eigenvalue weighted by Gasteiger charge is -2.18. The molecule has 0 saturated carbocycles. The standard InChI is InChI=1S/C26H22N4O2S2/c1-16-8-7-11-21(12-16)30(18(3)31)26-28-20(14-33-26)13-29-15-27-24-23(25(29)32)22(17(2)34-24)19-9-5-4-6-10-19/h4-12,14-15H,13H2,1-3H3. The number of carbonyl (C=O) groups excluding carboxylic acids is 1. The first-order valence-corrected chi connectivity index (χ1v) is 12.5. The highest BCUT2D eigenvalue weighted by molar-refractivity contribution is 7.19. The summed E-state index contributed by atoms with van der Waals surface area (Å²) in [6, 6.07) is 17.7. The zero-order valence-electron chi connectivity index (χ0n) is 19.0. The van der Waals surface area contributed by atoms with Crippen LogP contribution in [0.5, 0.6) is 0 Å². The van der Waals surface area contributed by atoms with Crippen molar-refractivity contribution in [2.45, 2.75) is 27.3 Å². The van der Waals surface area contributed by atoms with E-state index in [1.165, 1.54) is 29.6 Å². The van der Waals surface area contributed by atoms with Gasteiger partial charge in [-0.25, -0.2) is 9.97 Å². The molecule has 0 radical (unpaired) electrons. The van der Waals surface area contributed by atoms with E-state index >= 15 is 0 Å². The van der Waals surface area contributed by atoms with Gasteiger partial charge in [0.15, 0.2) is 5.13 Å². The van der Waals surface area contributed by atoms with Gasteiger partial charge in [0, 0.05) is 22.7 Å². The molecule has 8 heteroatoms. The average molecular weight is 487 g/mol. The highest BCUT2D eigenvalue weighted by Gasteiger charge is 2.20. The lowest BCUT2D eigenvalue weighted by Crippen LogP contribution is -2.23. The molecule has 1 amide bonds. The molecule has 6 nitrogen and oxygen atoms in total. The number of hydrogen-bond donors (Lipinski definition) is 0. The predicted octanol–water partition coefficient (Wildman–Crippen LogP) is 5.93. The molecule has 0 aliphatic heterocycles. The topological polar surface area (TPSA) is 68.1 Å². The first-order chi connectivity index (χ1) is 16.4. The van der Waals surface area contributed by atoms with Crippen LogP contribution >= 0.6 is 22.7 Å². The number of anilines is 2. The van der Waals surface area contributed by atoms with Crippen molar-refractivity contribution in [3.8, 4) is 11.1 Å². The summed E-state index contributed by atoms with van der Waals surface area (Å²) in [7, 11) is 0. The van der Waals surface area contributed by atoms with Crippen LogP contribution in [0, 0.1) is 13.8 Å². The minimum Gasteiger partial charge on any atom is -0.293 e. The van der Waals surface area contributed by atoms with E-state index in [-0.39, 0.29) is 18.0 Å². The van der Waals surface area contributed by atoms with Crippen molar-refractivity contribution in [2.75, 3.05) is 4.90 Å². The van der Waals surface area contributed by atoms with Gasteiger partial charge in [-0.1, -0.05) is 42.5 Å². The summed E-state index contributed by atoms with van der Waals surface area (Å²) in [5.74, 6) is -0.118. The Morgan fingerprint density at radius 1 is 1.09 bits per heavy atom. The van der Waals surface area contributed by atoms with Gasteiger partial charge in [0.2, 0.25) is 5.91 Å². The minimum atomic E-state index is -0.118. The van der Waals surface area contributed by atoms with Gasteiger partial charge in [-0.2, -0.15) is 0 Å². The summed E-state index contributed by atoms with van der Waals surface area (Å²) in [4.78, 5) is 38.6. The molecule has 5 aromatic rings. The molecule has 3 aromatic heterocycles. The van der Waals surface area contributed by atoms with Crippen molar-refractivity contribution in [2.24, 2.45) is 0 Å². The maximum Gasteiger partial charge on any atom is 0.263 e. The number of aromatic nitrogens is 3. The highest BCUT2D eigenvalue weighted by Crippen LogP contribution is 2.35. The lowest BCUT2D eigenvalue weighted by atomic mass is 10.0. The number of carbonyl (C=O) groups is 1. The van der Waals surface area contributed by atoms with Crippen LogP contribution in [0.1, 0.15) is 23.1 Å². The second-order valence-corrected chi connectivity index (χ2v) is 10.1. The number of hydrogen-bond acceptors (Lipinski definition) is 6. The van der Waals surface area contributed by atoms with Gasteiger partial charge in [-0.3, -0.25) is 19.1 Å². The number of rotatable bonds is 5. The summed E-state index contributed by atoms with van der Waals surface area (Å²) in [5.41, 5.74) is 4.39. The van der Waals surface area contributed by atoms with E-state index in [0.29, 0.717) is 16.2 Å². The van der Waals surface area contributed by atoms with Gasteiger partial charge >= 0.3 is 0 Å². The van der Waals surface area contributed by atoms with Crippen LogP contribution < -0.4 is 10.5 Å². The Kier molecular flexibility index (Phi) is 5.85. The van der Waals surface area contributed by atoms with Crippen LogP contribution in [0.15, 0.2) is 71.1 Å². The zero-order valence-corrected chi connectivity index (χ0v) is 20.6. The highest BCUT2D eigenvalue weighted by atomic mass is 32.1. The molecule has 5 rings (SSSR count). The smallest absolute Gasteiger partial charge is 0.263 e. The third kappa shape index (κ3) is 4.06. The summed E-state index contributed by atoms with van der Waals surface area (Å²) < 4.78 is 1.59. The molecule has 170 valence electrons.